The van der Waals surface area contributed by atoms with Gasteiger partial charge in [0.25, 0.3) is 0 Å². The minimum atomic E-state index is -0.143. The van der Waals surface area contributed by atoms with E-state index in [9.17, 15) is 4.79 Å². The summed E-state index contributed by atoms with van der Waals surface area (Å²) in [6.07, 6.45) is 8.60. The highest BCUT2D eigenvalue weighted by atomic mass is 16.5. The molecular formula is C24H21N3O2. The summed E-state index contributed by atoms with van der Waals surface area (Å²) in [5.41, 5.74) is 2.87. The highest BCUT2D eigenvalue weighted by Gasteiger charge is 2.06. The number of hydrogen-bond acceptors (Lipinski definition) is 3. The fourth-order valence-corrected chi connectivity index (χ4v) is 3.27. The van der Waals surface area contributed by atoms with E-state index in [0.29, 0.717) is 12.3 Å². The Balaban J connectivity index is 1.44. The van der Waals surface area contributed by atoms with Crippen molar-refractivity contribution >= 4 is 22.8 Å². The standard InChI is InChI=1S/C24H21N3O2/c1-29-23-15-18(9-11-22(23)27-14-13-25-17-27)10-12-24(28)26-16-20-7-4-6-19-5-2-3-8-21(19)20/h2-15,17H,16H2,1H3,(H,26,28). The van der Waals surface area contributed by atoms with Crippen molar-refractivity contribution in [2.75, 3.05) is 7.11 Å². The van der Waals surface area contributed by atoms with Crippen LogP contribution < -0.4 is 10.1 Å². The molecule has 144 valence electrons. The third-order valence-corrected chi connectivity index (χ3v) is 4.75. The first-order chi connectivity index (χ1) is 14.2. The van der Waals surface area contributed by atoms with Crippen LogP contribution >= 0.6 is 0 Å². The minimum Gasteiger partial charge on any atom is -0.495 e. The van der Waals surface area contributed by atoms with Crippen molar-refractivity contribution in [1.82, 2.24) is 14.9 Å². The van der Waals surface area contributed by atoms with Crippen molar-refractivity contribution in [3.8, 4) is 11.4 Å². The van der Waals surface area contributed by atoms with Crippen LogP contribution in [0.25, 0.3) is 22.5 Å². The number of carbonyl (C=O) groups excluding carboxylic acids is 1. The first-order valence-corrected chi connectivity index (χ1v) is 9.33. The van der Waals surface area contributed by atoms with Gasteiger partial charge in [0.1, 0.15) is 5.75 Å². The summed E-state index contributed by atoms with van der Waals surface area (Å²) in [6, 6.07) is 20.0. The van der Waals surface area contributed by atoms with Crippen LogP contribution in [0.4, 0.5) is 0 Å². The quantitative estimate of drug-likeness (QED) is 0.503. The lowest BCUT2D eigenvalue weighted by atomic mass is 10.0. The molecule has 0 fully saturated rings. The van der Waals surface area contributed by atoms with E-state index in [1.54, 1.807) is 25.7 Å². The molecule has 0 radical (unpaired) electrons. The van der Waals surface area contributed by atoms with Gasteiger partial charge in [-0.25, -0.2) is 4.98 Å². The normalized spacial score (nSPS) is 11.1. The number of rotatable bonds is 6. The van der Waals surface area contributed by atoms with Gasteiger partial charge in [0.15, 0.2) is 0 Å². The monoisotopic (exact) mass is 383 g/mol. The highest BCUT2D eigenvalue weighted by Crippen LogP contribution is 2.24. The molecule has 1 amide bonds. The van der Waals surface area contributed by atoms with Crippen LogP contribution in [0.3, 0.4) is 0 Å². The van der Waals surface area contributed by atoms with Crippen molar-refractivity contribution in [3.05, 3.63) is 96.6 Å². The van der Waals surface area contributed by atoms with Crippen LogP contribution in [0.15, 0.2) is 85.5 Å². The second-order valence-corrected chi connectivity index (χ2v) is 6.59. The third-order valence-electron chi connectivity index (χ3n) is 4.75. The molecule has 1 heterocycles. The number of imidazole rings is 1. The lowest BCUT2D eigenvalue weighted by molar-refractivity contribution is -0.116. The van der Waals surface area contributed by atoms with E-state index in [0.717, 1.165) is 22.2 Å². The molecule has 0 spiro atoms. The summed E-state index contributed by atoms with van der Waals surface area (Å²) in [5.74, 6) is 0.567. The lowest BCUT2D eigenvalue weighted by Gasteiger charge is -2.10. The van der Waals surface area contributed by atoms with Gasteiger partial charge in [-0.1, -0.05) is 48.5 Å². The van der Waals surface area contributed by atoms with E-state index in [2.05, 4.69) is 28.5 Å². The van der Waals surface area contributed by atoms with Gasteiger partial charge < -0.3 is 14.6 Å². The maximum atomic E-state index is 12.3. The van der Waals surface area contributed by atoms with E-state index in [1.807, 2.05) is 53.2 Å². The molecule has 3 aromatic carbocycles. The third kappa shape index (κ3) is 4.19. The Labute approximate surface area is 169 Å². The van der Waals surface area contributed by atoms with Gasteiger partial charge >= 0.3 is 0 Å². The molecular weight excluding hydrogens is 362 g/mol. The number of ether oxygens (including phenoxy) is 1. The van der Waals surface area contributed by atoms with E-state index >= 15 is 0 Å². The average Bonchev–Trinajstić information content (AvgIpc) is 3.30. The number of hydrogen-bond donors (Lipinski definition) is 1. The maximum Gasteiger partial charge on any atom is 0.244 e. The molecule has 0 aliphatic carbocycles. The molecule has 4 aromatic rings. The van der Waals surface area contributed by atoms with Crippen molar-refractivity contribution in [3.63, 3.8) is 0 Å². The number of benzene rings is 3. The lowest BCUT2D eigenvalue weighted by Crippen LogP contribution is -2.20. The summed E-state index contributed by atoms with van der Waals surface area (Å²) >= 11 is 0. The van der Waals surface area contributed by atoms with Crippen LogP contribution in [0.1, 0.15) is 11.1 Å². The van der Waals surface area contributed by atoms with Crippen molar-refractivity contribution in [1.29, 1.82) is 0 Å². The summed E-state index contributed by atoms with van der Waals surface area (Å²) in [5, 5.41) is 5.27. The predicted octanol–water partition coefficient (Wildman–Crippen LogP) is 4.36. The van der Waals surface area contributed by atoms with Crippen LogP contribution in [-0.2, 0) is 11.3 Å². The fourth-order valence-electron chi connectivity index (χ4n) is 3.27. The molecule has 0 aliphatic rings. The molecule has 4 rings (SSSR count). The van der Waals surface area contributed by atoms with Gasteiger partial charge in [-0.2, -0.15) is 0 Å². The molecule has 5 heteroatoms. The van der Waals surface area contributed by atoms with E-state index in [-0.39, 0.29) is 5.91 Å². The Kier molecular flexibility index (Phi) is 5.38. The van der Waals surface area contributed by atoms with Crippen molar-refractivity contribution in [2.45, 2.75) is 6.54 Å². The molecule has 29 heavy (non-hydrogen) atoms. The zero-order chi connectivity index (χ0) is 20.1. The minimum absolute atomic E-state index is 0.143. The number of aromatic nitrogens is 2. The smallest absolute Gasteiger partial charge is 0.244 e. The number of carbonyl (C=O) groups is 1. The number of nitrogens with zero attached hydrogens (tertiary/aromatic N) is 2. The molecule has 1 N–H and O–H groups in total. The number of nitrogens with one attached hydrogen (secondary N) is 1. The number of fused-ring (bicyclic) bond motifs is 1. The first kappa shape index (κ1) is 18.5. The maximum absolute atomic E-state index is 12.3. The Bertz CT molecular complexity index is 1160. The Morgan fingerprint density at radius 3 is 2.83 bits per heavy atom. The highest BCUT2D eigenvalue weighted by molar-refractivity contribution is 5.92. The zero-order valence-electron chi connectivity index (χ0n) is 16.1. The van der Waals surface area contributed by atoms with E-state index in [4.69, 9.17) is 4.74 Å². The van der Waals surface area contributed by atoms with Crippen molar-refractivity contribution in [2.24, 2.45) is 0 Å². The van der Waals surface area contributed by atoms with Gasteiger partial charge in [0.2, 0.25) is 5.91 Å². The van der Waals surface area contributed by atoms with E-state index < -0.39 is 0 Å². The topological polar surface area (TPSA) is 56.1 Å². The molecule has 1 aromatic heterocycles. The number of methoxy groups -OCH3 is 1. The zero-order valence-corrected chi connectivity index (χ0v) is 16.1. The molecule has 5 nitrogen and oxygen atoms in total. The SMILES string of the molecule is COc1cc(C=CC(=O)NCc2cccc3ccccc23)ccc1-n1ccnc1. The first-order valence-electron chi connectivity index (χ1n) is 9.33. The largest absolute Gasteiger partial charge is 0.495 e. The van der Waals surface area contributed by atoms with E-state index in [1.165, 1.54) is 11.5 Å². The van der Waals surface area contributed by atoms with Gasteiger partial charge in [0, 0.05) is 25.0 Å². The van der Waals surface area contributed by atoms with Crippen LogP contribution in [-0.4, -0.2) is 22.6 Å². The Hall–Kier alpha value is -3.86. The summed E-state index contributed by atoms with van der Waals surface area (Å²) in [7, 11) is 1.63. The number of amides is 1. The summed E-state index contributed by atoms with van der Waals surface area (Å²) in [4.78, 5) is 16.4. The second kappa shape index (κ2) is 8.44. The molecule has 0 aliphatic heterocycles. The summed E-state index contributed by atoms with van der Waals surface area (Å²) in [6.45, 7) is 0.480. The molecule has 0 bridgehead atoms. The molecule has 0 saturated heterocycles. The summed E-state index contributed by atoms with van der Waals surface area (Å²) < 4.78 is 7.36. The second-order valence-electron chi connectivity index (χ2n) is 6.59. The fraction of sp³-hybridized carbons (Fsp3) is 0.0833. The van der Waals surface area contributed by atoms with Crippen LogP contribution in [0.5, 0.6) is 5.75 Å². The van der Waals surface area contributed by atoms with Crippen LogP contribution in [0.2, 0.25) is 0 Å². The molecule has 0 unspecified atom stereocenters. The van der Waals surface area contributed by atoms with Crippen LogP contribution in [0, 0.1) is 0 Å². The molecule has 0 saturated carbocycles. The Morgan fingerprint density at radius 2 is 2.00 bits per heavy atom. The van der Waals surface area contributed by atoms with Gasteiger partial charge in [0.05, 0.1) is 19.1 Å². The Morgan fingerprint density at radius 1 is 1.14 bits per heavy atom. The van der Waals surface area contributed by atoms with Gasteiger partial charge in [-0.15, -0.1) is 0 Å². The molecule has 0 atom stereocenters. The average molecular weight is 383 g/mol. The predicted molar refractivity (Wildman–Crippen MR) is 115 cm³/mol. The van der Waals surface area contributed by atoms with Gasteiger partial charge in [-0.05, 0) is 40.1 Å². The van der Waals surface area contributed by atoms with Crippen molar-refractivity contribution < 1.29 is 9.53 Å². The van der Waals surface area contributed by atoms with Gasteiger partial charge in [-0.3, -0.25) is 4.79 Å².